The molecule has 2 atom stereocenters. The Hall–Kier alpha value is -0.580. The molecule has 1 aromatic carbocycles. The zero-order valence-electron chi connectivity index (χ0n) is 11.9. The third kappa shape index (κ3) is 3.30. The number of likely N-dealkylation sites (N-methyl/N-ethyl adjacent to an activating group) is 1. The van der Waals surface area contributed by atoms with Crippen molar-refractivity contribution in [1.82, 2.24) is 4.90 Å². The molecule has 1 aromatic rings. The van der Waals surface area contributed by atoms with Gasteiger partial charge in [-0.1, -0.05) is 28.9 Å². The van der Waals surface area contributed by atoms with Gasteiger partial charge < -0.3 is 10.0 Å². The first-order valence-electron chi connectivity index (χ1n) is 6.95. The molecule has 3 nitrogen and oxygen atoms in total. The highest BCUT2D eigenvalue weighted by molar-refractivity contribution is 9.10. The van der Waals surface area contributed by atoms with Gasteiger partial charge in [0, 0.05) is 35.8 Å². The molecule has 0 bridgehead atoms. The van der Waals surface area contributed by atoms with Crippen molar-refractivity contribution in [1.29, 1.82) is 0 Å². The first kappa shape index (κ1) is 14.8. The smallest absolute Gasteiger partial charge is 0.0772 e. The van der Waals surface area contributed by atoms with Crippen LogP contribution in [0.25, 0.3) is 0 Å². The van der Waals surface area contributed by atoms with E-state index in [2.05, 4.69) is 51.8 Å². The van der Waals surface area contributed by atoms with Crippen molar-refractivity contribution >= 4 is 21.6 Å². The van der Waals surface area contributed by atoms with Gasteiger partial charge in [0.15, 0.2) is 0 Å². The van der Waals surface area contributed by atoms with Crippen LogP contribution in [0.5, 0.6) is 0 Å². The maximum Gasteiger partial charge on any atom is 0.0772 e. The zero-order valence-corrected chi connectivity index (χ0v) is 13.5. The molecule has 1 saturated heterocycles. The quantitative estimate of drug-likeness (QED) is 0.924. The Morgan fingerprint density at radius 1 is 1.42 bits per heavy atom. The van der Waals surface area contributed by atoms with Gasteiger partial charge in [0.05, 0.1) is 6.10 Å². The summed E-state index contributed by atoms with van der Waals surface area (Å²) in [6.45, 7) is 7.29. The lowest BCUT2D eigenvalue weighted by atomic mass is 10.1. The van der Waals surface area contributed by atoms with Crippen molar-refractivity contribution in [3.8, 4) is 0 Å². The van der Waals surface area contributed by atoms with Crippen LogP contribution in [0.1, 0.15) is 31.9 Å². The second-order valence-electron chi connectivity index (χ2n) is 5.37. The standard InChI is InChI=1S/C15H23BrN2O/c1-4-12-10-18(8-7-17(12)3)13-5-6-14(11(2)19)15(16)9-13/h5-6,9,11-12,19H,4,7-8,10H2,1-3H3/t11-,12?/m1/s1. The van der Waals surface area contributed by atoms with Gasteiger partial charge in [-0.15, -0.1) is 0 Å². The minimum absolute atomic E-state index is 0.431. The van der Waals surface area contributed by atoms with Crippen LogP contribution in [-0.2, 0) is 0 Å². The number of anilines is 1. The summed E-state index contributed by atoms with van der Waals surface area (Å²) < 4.78 is 0.993. The number of aliphatic hydroxyl groups excluding tert-OH is 1. The van der Waals surface area contributed by atoms with Crippen molar-refractivity contribution in [3.63, 3.8) is 0 Å². The number of piperazine rings is 1. The molecular weight excluding hydrogens is 304 g/mol. The van der Waals surface area contributed by atoms with E-state index in [1.165, 1.54) is 12.1 Å². The van der Waals surface area contributed by atoms with Crippen LogP contribution < -0.4 is 4.90 Å². The highest BCUT2D eigenvalue weighted by atomic mass is 79.9. The van der Waals surface area contributed by atoms with Crippen molar-refractivity contribution < 1.29 is 5.11 Å². The summed E-state index contributed by atoms with van der Waals surface area (Å²) in [5.74, 6) is 0. The second-order valence-corrected chi connectivity index (χ2v) is 6.22. The van der Waals surface area contributed by atoms with E-state index in [4.69, 9.17) is 0 Å². The molecule has 4 heteroatoms. The van der Waals surface area contributed by atoms with E-state index < -0.39 is 6.10 Å². The SMILES string of the molecule is CCC1CN(c2ccc([C@@H](C)O)c(Br)c2)CCN1C. The Morgan fingerprint density at radius 2 is 2.16 bits per heavy atom. The van der Waals surface area contributed by atoms with Crippen LogP contribution in [0.2, 0.25) is 0 Å². The van der Waals surface area contributed by atoms with E-state index in [0.29, 0.717) is 6.04 Å². The van der Waals surface area contributed by atoms with Gasteiger partial charge in [-0.2, -0.15) is 0 Å². The molecule has 0 aliphatic carbocycles. The molecule has 1 unspecified atom stereocenters. The predicted octanol–water partition coefficient (Wildman–Crippen LogP) is 3.03. The number of hydrogen-bond acceptors (Lipinski definition) is 3. The van der Waals surface area contributed by atoms with Crippen LogP contribution in [0.3, 0.4) is 0 Å². The van der Waals surface area contributed by atoms with Gasteiger partial charge in [-0.05, 0) is 38.1 Å². The molecule has 0 amide bonds. The first-order chi connectivity index (χ1) is 9.02. The Kier molecular flexibility index (Phi) is 4.87. The number of hydrogen-bond donors (Lipinski definition) is 1. The number of nitrogens with zero attached hydrogens (tertiary/aromatic N) is 2. The van der Waals surface area contributed by atoms with Crippen LogP contribution >= 0.6 is 15.9 Å². The molecule has 1 heterocycles. The topological polar surface area (TPSA) is 26.7 Å². The molecule has 106 valence electrons. The number of benzene rings is 1. The predicted molar refractivity (Wildman–Crippen MR) is 83.7 cm³/mol. The van der Waals surface area contributed by atoms with Crippen LogP contribution in [0.15, 0.2) is 22.7 Å². The van der Waals surface area contributed by atoms with Gasteiger partial charge >= 0.3 is 0 Å². The fraction of sp³-hybridized carbons (Fsp3) is 0.600. The normalized spacial score (nSPS) is 22.6. The average molecular weight is 327 g/mol. The molecule has 19 heavy (non-hydrogen) atoms. The van der Waals surface area contributed by atoms with Crippen LogP contribution in [-0.4, -0.2) is 42.7 Å². The lowest BCUT2D eigenvalue weighted by Crippen LogP contribution is -2.51. The lowest BCUT2D eigenvalue weighted by Gasteiger charge is -2.40. The highest BCUT2D eigenvalue weighted by Crippen LogP contribution is 2.29. The Bertz CT molecular complexity index is 436. The monoisotopic (exact) mass is 326 g/mol. The Morgan fingerprint density at radius 3 is 2.74 bits per heavy atom. The van der Waals surface area contributed by atoms with Gasteiger partial charge in [-0.3, -0.25) is 4.90 Å². The molecule has 0 radical (unpaired) electrons. The first-order valence-corrected chi connectivity index (χ1v) is 7.75. The number of rotatable bonds is 3. The number of halogens is 1. The summed E-state index contributed by atoms with van der Waals surface area (Å²) in [5.41, 5.74) is 2.19. The zero-order chi connectivity index (χ0) is 14.0. The molecule has 1 N–H and O–H groups in total. The average Bonchev–Trinajstić information content (AvgIpc) is 2.38. The fourth-order valence-electron chi connectivity index (χ4n) is 2.67. The molecule has 1 aliphatic heterocycles. The molecular formula is C15H23BrN2O. The molecule has 0 spiro atoms. The van der Waals surface area contributed by atoms with Crippen molar-refractivity contribution in [2.75, 3.05) is 31.6 Å². The van der Waals surface area contributed by atoms with Crippen molar-refractivity contribution in [2.24, 2.45) is 0 Å². The van der Waals surface area contributed by atoms with Gasteiger partial charge in [-0.25, -0.2) is 0 Å². The fourth-order valence-corrected chi connectivity index (χ4v) is 3.37. The summed E-state index contributed by atoms with van der Waals surface area (Å²) >= 11 is 3.56. The van der Waals surface area contributed by atoms with Crippen LogP contribution in [0, 0.1) is 0 Å². The minimum atomic E-state index is -0.431. The van der Waals surface area contributed by atoms with Crippen molar-refractivity contribution in [2.45, 2.75) is 32.4 Å². The Labute approximate surface area is 124 Å². The lowest BCUT2D eigenvalue weighted by molar-refractivity contribution is 0.198. The summed E-state index contributed by atoms with van der Waals surface area (Å²) in [6, 6.07) is 6.89. The van der Waals surface area contributed by atoms with E-state index in [-0.39, 0.29) is 0 Å². The van der Waals surface area contributed by atoms with Crippen LogP contribution in [0.4, 0.5) is 5.69 Å². The van der Waals surface area contributed by atoms with E-state index in [1.54, 1.807) is 6.92 Å². The molecule has 0 aromatic heterocycles. The van der Waals surface area contributed by atoms with Gasteiger partial charge in [0.25, 0.3) is 0 Å². The summed E-state index contributed by atoms with van der Waals surface area (Å²) in [6.07, 6.45) is 0.749. The van der Waals surface area contributed by atoms with E-state index >= 15 is 0 Å². The van der Waals surface area contributed by atoms with E-state index in [9.17, 15) is 5.11 Å². The molecule has 1 aliphatic rings. The second kappa shape index (κ2) is 6.25. The maximum absolute atomic E-state index is 9.67. The minimum Gasteiger partial charge on any atom is -0.389 e. The summed E-state index contributed by atoms with van der Waals surface area (Å²) in [7, 11) is 2.21. The highest BCUT2D eigenvalue weighted by Gasteiger charge is 2.23. The maximum atomic E-state index is 9.67. The number of aliphatic hydroxyl groups is 1. The largest absolute Gasteiger partial charge is 0.389 e. The van der Waals surface area contributed by atoms with E-state index in [1.807, 2.05) is 6.07 Å². The van der Waals surface area contributed by atoms with Gasteiger partial charge in [0.2, 0.25) is 0 Å². The summed E-state index contributed by atoms with van der Waals surface area (Å²) in [5, 5.41) is 9.67. The van der Waals surface area contributed by atoms with Crippen molar-refractivity contribution in [3.05, 3.63) is 28.2 Å². The summed E-state index contributed by atoms with van der Waals surface area (Å²) in [4.78, 5) is 4.88. The molecule has 1 fully saturated rings. The molecule has 2 rings (SSSR count). The third-order valence-electron chi connectivity index (χ3n) is 4.05. The van der Waals surface area contributed by atoms with E-state index in [0.717, 1.165) is 29.7 Å². The third-order valence-corrected chi connectivity index (χ3v) is 4.73. The Balaban J connectivity index is 2.16. The molecule has 0 saturated carbocycles. The van der Waals surface area contributed by atoms with Gasteiger partial charge in [0.1, 0.15) is 0 Å².